The van der Waals surface area contributed by atoms with E-state index >= 15 is 0 Å². The molecule has 1 heterocycles. The summed E-state index contributed by atoms with van der Waals surface area (Å²) >= 11 is 0. The Hall–Kier alpha value is -1.90. The average Bonchev–Trinajstić information content (AvgIpc) is 2.90. The van der Waals surface area contributed by atoms with Gasteiger partial charge in [-0.1, -0.05) is 38.3 Å². The number of rotatable bonds is 6. The van der Waals surface area contributed by atoms with Crippen LogP contribution in [0.3, 0.4) is 0 Å². The van der Waals surface area contributed by atoms with Crippen LogP contribution in [0.2, 0.25) is 0 Å². The number of allylic oxidation sites excluding steroid dienone is 2. The molecule has 3 atom stereocenters. The molecule has 1 fully saturated rings. The van der Waals surface area contributed by atoms with E-state index in [1.54, 1.807) is 17.9 Å². The molecule has 1 aliphatic heterocycles. The number of hydrogen-bond donors (Lipinski definition) is 1. The van der Waals surface area contributed by atoms with Gasteiger partial charge in [0.15, 0.2) is 0 Å². The molecular weight excluding hydrogens is 476 g/mol. The van der Waals surface area contributed by atoms with Crippen LogP contribution in [0, 0.1) is 11.8 Å². The zero-order valence-corrected chi connectivity index (χ0v) is 22.8. The van der Waals surface area contributed by atoms with Gasteiger partial charge in [0.1, 0.15) is 16.7 Å². The molecule has 0 unspecified atom stereocenters. The summed E-state index contributed by atoms with van der Waals surface area (Å²) in [5.41, 5.74) is 2.21. The molecular formula is C28H42N2O5S. The molecule has 4 rings (SSSR count). The fourth-order valence-electron chi connectivity index (χ4n) is 5.76. The second-order valence-electron chi connectivity index (χ2n) is 10.9. The van der Waals surface area contributed by atoms with Crippen LogP contribution in [0.15, 0.2) is 29.2 Å². The molecule has 0 saturated heterocycles. The van der Waals surface area contributed by atoms with E-state index in [1.165, 1.54) is 22.7 Å². The highest BCUT2D eigenvalue weighted by Gasteiger charge is 2.39. The number of carbonyl (C=O) groups excluding carboxylic acids is 1. The minimum Gasteiger partial charge on any atom is -0.487 e. The van der Waals surface area contributed by atoms with Crippen molar-refractivity contribution in [2.45, 2.75) is 88.7 Å². The highest BCUT2D eigenvalue weighted by molar-refractivity contribution is 7.89. The van der Waals surface area contributed by atoms with Crippen LogP contribution in [0.5, 0.6) is 5.75 Å². The average molecular weight is 519 g/mol. The number of carbonyl (C=O) groups is 1. The third-order valence-electron chi connectivity index (χ3n) is 8.11. The van der Waals surface area contributed by atoms with Gasteiger partial charge in [0.25, 0.3) is 0 Å². The van der Waals surface area contributed by atoms with E-state index in [4.69, 9.17) is 4.74 Å². The van der Waals surface area contributed by atoms with Gasteiger partial charge in [-0.2, -0.15) is 4.31 Å². The van der Waals surface area contributed by atoms with E-state index in [0.717, 1.165) is 50.5 Å². The molecule has 1 aromatic carbocycles. The minimum absolute atomic E-state index is 0.0658. The van der Waals surface area contributed by atoms with E-state index in [-0.39, 0.29) is 41.9 Å². The number of hydrogen-bond acceptors (Lipinski definition) is 5. The number of benzene rings is 1. The van der Waals surface area contributed by atoms with Crippen molar-refractivity contribution >= 4 is 21.5 Å². The van der Waals surface area contributed by atoms with Crippen LogP contribution in [0.1, 0.15) is 77.2 Å². The monoisotopic (exact) mass is 518 g/mol. The smallest absolute Gasteiger partial charge is 0.247 e. The van der Waals surface area contributed by atoms with Crippen molar-refractivity contribution in [1.29, 1.82) is 0 Å². The van der Waals surface area contributed by atoms with Gasteiger partial charge in [-0.15, -0.1) is 0 Å². The highest BCUT2D eigenvalue weighted by Crippen LogP contribution is 2.37. The summed E-state index contributed by atoms with van der Waals surface area (Å²) in [6, 6.07) is 4.82. The van der Waals surface area contributed by atoms with Gasteiger partial charge in [-0.05, 0) is 68.7 Å². The van der Waals surface area contributed by atoms with Gasteiger partial charge >= 0.3 is 0 Å². The van der Waals surface area contributed by atoms with E-state index in [9.17, 15) is 18.3 Å². The summed E-state index contributed by atoms with van der Waals surface area (Å²) in [6.07, 6.45) is 11.4. The van der Waals surface area contributed by atoms with Gasteiger partial charge in [0.2, 0.25) is 15.9 Å². The Kier molecular flexibility index (Phi) is 8.79. The first-order valence-electron chi connectivity index (χ1n) is 13.6. The maximum absolute atomic E-state index is 13.7. The molecule has 1 saturated carbocycles. The SMILES string of the molecule is C[C@@H]1CN([C@H](C)CO)S(=O)(=O)c2ccc(C3=CCCCC3)cc2O[C@@H]1CN(C)C(=O)C1CCCCC1. The first-order chi connectivity index (χ1) is 17.2. The molecule has 8 heteroatoms. The molecule has 200 valence electrons. The number of amides is 1. The number of ether oxygens (including phenoxy) is 1. The van der Waals surface area contributed by atoms with Crippen LogP contribution in [-0.4, -0.2) is 67.5 Å². The Balaban J connectivity index is 1.68. The Morgan fingerprint density at radius 2 is 1.94 bits per heavy atom. The Morgan fingerprint density at radius 1 is 1.19 bits per heavy atom. The Morgan fingerprint density at radius 3 is 2.61 bits per heavy atom. The molecule has 3 aliphatic rings. The predicted octanol–water partition coefficient (Wildman–Crippen LogP) is 4.45. The van der Waals surface area contributed by atoms with Crippen molar-refractivity contribution in [2.24, 2.45) is 11.8 Å². The summed E-state index contributed by atoms with van der Waals surface area (Å²) < 4.78 is 35.3. The minimum atomic E-state index is -3.87. The van der Waals surface area contributed by atoms with Crippen LogP contribution < -0.4 is 4.74 Å². The van der Waals surface area contributed by atoms with Crippen LogP contribution in [0.4, 0.5) is 0 Å². The number of fused-ring (bicyclic) bond motifs is 1. The van der Waals surface area contributed by atoms with Gasteiger partial charge in [0.05, 0.1) is 13.2 Å². The summed E-state index contributed by atoms with van der Waals surface area (Å²) in [5, 5.41) is 9.86. The zero-order chi connectivity index (χ0) is 25.9. The maximum atomic E-state index is 13.7. The van der Waals surface area contributed by atoms with E-state index < -0.39 is 16.1 Å². The Labute approximate surface area is 216 Å². The third kappa shape index (κ3) is 5.81. The van der Waals surface area contributed by atoms with Crippen molar-refractivity contribution in [2.75, 3.05) is 26.7 Å². The summed E-state index contributed by atoms with van der Waals surface area (Å²) in [5.74, 6) is 0.378. The normalized spacial score (nSPS) is 26.1. The summed E-state index contributed by atoms with van der Waals surface area (Å²) in [7, 11) is -2.04. The van der Waals surface area contributed by atoms with Gasteiger partial charge in [-0.3, -0.25) is 4.79 Å². The number of sulfonamides is 1. The number of aliphatic hydroxyl groups excluding tert-OH is 1. The van der Waals surface area contributed by atoms with Crippen LogP contribution in [-0.2, 0) is 14.8 Å². The van der Waals surface area contributed by atoms with Crippen molar-refractivity contribution in [3.8, 4) is 5.75 Å². The molecule has 0 spiro atoms. The lowest BCUT2D eigenvalue weighted by Gasteiger charge is -2.38. The lowest BCUT2D eigenvalue weighted by molar-refractivity contribution is -0.136. The first kappa shape index (κ1) is 27.1. The van der Waals surface area contributed by atoms with E-state index in [2.05, 4.69) is 6.08 Å². The lowest BCUT2D eigenvalue weighted by atomic mass is 9.88. The molecule has 1 N–H and O–H groups in total. The largest absolute Gasteiger partial charge is 0.487 e. The van der Waals surface area contributed by atoms with E-state index in [0.29, 0.717) is 12.3 Å². The molecule has 0 radical (unpaired) electrons. The second kappa shape index (κ2) is 11.7. The van der Waals surface area contributed by atoms with Crippen molar-refractivity contribution in [3.05, 3.63) is 29.8 Å². The number of nitrogens with zero attached hydrogens (tertiary/aromatic N) is 2. The Bertz CT molecular complexity index is 1060. The molecule has 1 aromatic rings. The first-order valence-corrected chi connectivity index (χ1v) is 15.0. The molecule has 0 aromatic heterocycles. The van der Waals surface area contributed by atoms with Gasteiger partial charge < -0.3 is 14.7 Å². The molecule has 0 bridgehead atoms. The summed E-state index contributed by atoms with van der Waals surface area (Å²) in [6.45, 7) is 4.03. The quantitative estimate of drug-likeness (QED) is 0.601. The highest BCUT2D eigenvalue weighted by atomic mass is 32.2. The van der Waals surface area contributed by atoms with Gasteiger partial charge in [-0.25, -0.2) is 8.42 Å². The second-order valence-corrected chi connectivity index (χ2v) is 12.8. The summed E-state index contributed by atoms with van der Waals surface area (Å²) in [4.78, 5) is 15.1. The predicted molar refractivity (Wildman–Crippen MR) is 141 cm³/mol. The number of likely N-dealkylation sites (N-methyl/N-ethyl adjacent to an activating group) is 1. The molecule has 36 heavy (non-hydrogen) atoms. The molecule has 2 aliphatic carbocycles. The maximum Gasteiger partial charge on any atom is 0.247 e. The van der Waals surface area contributed by atoms with Crippen molar-refractivity contribution < 1.29 is 23.1 Å². The third-order valence-corrected chi connectivity index (χ3v) is 10.1. The molecule has 7 nitrogen and oxygen atoms in total. The number of aliphatic hydroxyl groups is 1. The van der Waals surface area contributed by atoms with Crippen LogP contribution in [0.25, 0.3) is 5.57 Å². The fraction of sp³-hybridized carbons (Fsp3) is 0.679. The topological polar surface area (TPSA) is 87.2 Å². The molecule has 1 amide bonds. The van der Waals surface area contributed by atoms with Crippen molar-refractivity contribution in [3.63, 3.8) is 0 Å². The fourth-order valence-corrected chi connectivity index (χ4v) is 7.59. The van der Waals surface area contributed by atoms with Crippen molar-refractivity contribution in [1.82, 2.24) is 9.21 Å². The zero-order valence-electron chi connectivity index (χ0n) is 22.0. The van der Waals surface area contributed by atoms with Gasteiger partial charge in [0, 0.05) is 31.5 Å². The van der Waals surface area contributed by atoms with E-state index in [1.807, 2.05) is 26.1 Å². The van der Waals surface area contributed by atoms with Crippen LogP contribution >= 0.6 is 0 Å². The standard InChI is InChI=1S/C28H42N2O5S/c1-20-17-30(21(2)19-31)36(33,34)27-15-14-24(22-10-6-4-7-11-22)16-25(27)35-26(20)18-29(3)28(32)23-12-8-5-9-13-23/h10,14-16,20-21,23,26,31H,4-9,11-13,17-19H2,1-3H3/t20-,21-,26-/m1/s1. The lowest BCUT2D eigenvalue weighted by Crippen LogP contribution is -2.50.